The quantitative estimate of drug-likeness (QED) is 0.0979. The van der Waals surface area contributed by atoms with Gasteiger partial charge in [-0.05, 0) is 131 Å². The molecule has 0 spiro atoms. The van der Waals surface area contributed by atoms with Crippen LogP contribution in [0.1, 0.15) is 20.6 Å². The average Bonchev–Trinajstić information content (AvgIpc) is 1.56. The van der Waals surface area contributed by atoms with Gasteiger partial charge in [0.25, 0.3) is 0 Å². The van der Waals surface area contributed by atoms with Crippen LogP contribution in [0.4, 0.5) is 0 Å². The Morgan fingerprint density at radius 3 is 0.720 bits per heavy atom. The van der Waals surface area contributed by atoms with Crippen LogP contribution in [0.25, 0.3) is 267 Å². The van der Waals surface area contributed by atoms with Crippen molar-refractivity contribution in [3.63, 3.8) is 0 Å². The summed E-state index contributed by atoms with van der Waals surface area (Å²) in [5.41, 5.74) is 23.3. The number of fused-ring (bicyclic) bond motifs is 18. The number of para-hydroxylation sites is 7. The Bertz CT molecular complexity index is 11400. The summed E-state index contributed by atoms with van der Waals surface area (Å²) in [6.07, 6.45) is 0. The van der Waals surface area contributed by atoms with E-state index >= 15 is 0 Å². The van der Waals surface area contributed by atoms with Crippen molar-refractivity contribution in [3.8, 4) is 137 Å². The average molecular weight is 1930 g/mol. The molecule has 0 bridgehead atoms. The highest BCUT2D eigenvalue weighted by atomic mass is 15.2. The van der Waals surface area contributed by atoms with E-state index in [4.69, 9.17) is 65.4 Å². The molecule has 0 aliphatic carbocycles. The minimum atomic E-state index is -0.478. The van der Waals surface area contributed by atoms with Crippen LogP contribution in [0.2, 0.25) is 0 Å². The number of benzene rings is 21. The highest BCUT2D eigenvalue weighted by Crippen LogP contribution is 2.47. The van der Waals surface area contributed by atoms with E-state index in [9.17, 15) is 0 Å². The molecule has 702 valence electrons. The largest absolute Gasteiger partial charge is 0.309 e. The number of rotatable bonds is 15. The molecule has 0 radical (unpaired) electrons. The zero-order valence-electron chi connectivity index (χ0n) is 94.8. The lowest BCUT2D eigenvalue weighted by atomic mass is 10.0. The fourth-order valence-corrected chi connectivity index (χ4v) is 21.1. The van der Waals surface area contributed by atoms with Crippen molar-refractivity contribution in [2.75, 3.05) is 0 Å². The number of hydrogen-bond acceptors (Lipinski definition) is 9. The molecule has 0 unspecified atom stereocenters. The minimum Gasteiger partial charge on any atom is -0.309 e. The Morgan fingerprint density at radius 2 is 0.380 bits per heavy atom. The van der Waals surface area contributed by atoms with E-state index in [1.165, 1.54) is 0 Å². The second kappa shape index (κ2) is 37.0. The van der Waals surface area contributed by atoms with Crippen LogP contribution in [0.15, 0.2) is 527 Å². The molecule has 0 amide bonds. The summed E-state index contributed by atoms with van der Waals surface area (Å²) < 4.78 is 140. The predicted octanol–water partition coefficient (Wildman–Crippen LogP) is 33.2. The van der Waals surface area contributed by atoms with Crippen LogP contribution in [-0.2, 0) is 0 Å². The summed E-state index contributed by atoms with van der Waals surface area (Å²) in [6, 6.07) is 141. The smallest absolute Gasteiger partial charge is 0.238 e. The van der Waals surface area contributed by atoms with Gasteiger partial charge in [0.15, 0.2) is 34.9 Å². The summed E-state index contributed by atoms with van der Waals surface area (Å²) >= 11 is 0. The molecule has 0 atom stereocenters. The first-order chi connectivity index (χ1) is 80.6. The lowest BCUT2D eigenvalue weighted by Crippen LogP contribution is -2.06. The molecule has 0 N–H and O–H groups in total. The van der Waals surface area contributed by atoms with Crippen molar-refractivity contribution >= 4 is 131 Å². The summed E-state index contributed by atoms with van der Waals surface area (Å²) in [7, 11) is 0. The molecule has 9 aromatic heterocycles. The van der Waals surface area contributed by atoms with Gasteiger partial charge >= 0.3 is 0 Å². The van der Waals surface area contributed by atoms with Crippen molar-refractivity contribution in [1.82, 2.24) is 72.3 Å². The maximum absolute atomic E-state index is 8.78. The molecule has 9 heterocycles. The Balaban J connectivity index is 0.000000116. The lowest BCUT2D eigenvalue weighted by Gasteiger charge is -2.14. The second-order valence-corrected chi connectivity index (χ2v) is 36.4. The van der Waals surface area contributed by atoms with Gasteiger partial charge in [0.05, 0.1) is 92.4 Å². The van der Waals surface area contributed by atoms with Crippen molar-refractivity contribution in [1.29, 1.82) is 0 Å². The third kappa shape index (κ3) is 15.3. The molecule has 0 saturated heterocycles. The van der Waals surface area contributed by atoms with Crippen LogP contribution in [0.3, 0.4) is 0 Å². The van der Waals surface area contributed by atoms with Crippen molar-refractivity contribution in [2.24, 2.45) is 0 Å². The first-order valence-electron chi connectivity index (χ1n) is 56.7. The molecule has 0 fully saturated rings. The summed E-state index contributed by atoms with van der Waals surface area (Å²) in [5.74, 6) is 1.70. The number of nitrogens with zero attached hydrogens (tertiary/aromatic N) is 15. The van der Waals surface area contributed by atoms with E-state index in [0.29, 0.717) is 34.2 Å². The molecule has 15 heteroatoms. The van der Waals surface area contributed by atoms with E-state index in [2.05, 4.69) is 275 Å². The molecule has 30 rings (SSSR count). The van der Waals surface area contributed by atoms with Crippen molar-refractivity contribution in [2.45, 2.75) is 0 Å². The van der Waals surface area contributed by atoms with Gasteiger partial charge in [-0.3, -0.25) is 13.7 Å². The summed E-state index contributed by atoms with van der Waals surface area (Å²) in [6.45, 7) is 0. The third-order valence-corrected chi connectivity index (χ3v) is 27.8. The summed E-state index contributed by atoms with van der Waals surface area (Å²) in [5, 5.41) is 12.3. The Kier molecular flexibility index (Phi) is 17.9. The zero-order chi connectivity index (χ0) is 112. The normalized spacial score (nSPS) is 13.0. The van der Waals surface area contributed by atoms with E-state index < -0.39 is 54.4 Å². The second-order valence-electron chi connectivity index (χ2n) is 36.4. The van der Waals surface area contributed by atoms with Crippen LogP contribution < -0.4 is 0 Å². The maximum Gasteiger partial charge on any atom is 0.238 e. The molecule has 21 aromatic carbocycles. The van der Waals surface area contributed by atoms with Gasteiger partial charge in [0, 0.05) is 115 Å². The fraction of sp³-hybridized carbons (Fsp3) is 0. The van der Waals surface area contributed by atoms with E-state index in [0.717, 1.165) is 181 Å². The van der Waals surface area contributed by atoms with Crippen LogP contribution in [0.5, 0.6) is 0 Å². The fourth-order valence-electron chi connectivity index (χ4n) is 21.1. The van der Waals surface area contributed by atoms with Gasteiger partial charge in [-0.2, -0.15) is 29.9 Å². The van der Waals surface area contributed by atoms with Gasteiger partial charge < -0.3 is 13.7 Å². The number of aromatic nitrogens is 15. The van der Waals surface area contributed by atoms with E-state index in [1.807, 2.05) is 190 Å². The molecule has 0 aliphatic rings. The monoisotopic (exact) mass is 1930 g/mol. The molecule has 30 aromatic rings. The minimum absolute atomic E-state index is 0.0107. The van der Waals surface area contributed by atoms with Gasteiger partial charge in [-0.1, -0.05) is 424 Å². The Morgan fingerprint density at radius 1 is 0.140 bits per heavy atom. The summed E-state index contributed by atoms with van der Waals surface area (Å²) in [4.78, 5) is 43.9. The van der Waals surface area contributed by atoms with Crippen molar-refractivity contribution in [3.05, 3.63) is 527 Å². The van der Waals surface area contributed by atoms with Gasteiger partial charge in [0.2, 0.25) is 17.8 Å². The standard InChI is InChI=1S/3C45H29N5/c1-4-16-30(17-5-1)33-22-10-13-25-38(33)49-39-26-14-11-23-34(39)36-29-42-37(28-41(36)49)35-24-12-15-27-40(35)50(42)45-47-43(31-18-6-2-7-19-31)46-44(48-45)32-20-8-3-9-21-32;1-4-15-30(16-5-1)33-21-14-22-34(27-33)49-39-25-12-10-23-35(39)37-29-42-38(28-41(37)49)36-24-11-13-26-40(36)50(42)45-47-43(31-17-6-2-7-18-31)46-44(48-45)32-19-8-3-9-20-32;1-4-14-30(15-5-1)31-24-26-34(27-25-31)49-39-22-12-10-20-35(39)37-29-42-38(28-41(37)49)36-21-11-13-23-40(36)50(42)45-47-43(32-16-6-2-7-17-32)46-44(48-45)33-18-8-3-9-19-33/h3*1-29H/i2D,6D,7D,18D,19D;2D,6D,7D,17D,18D;2D,6D,7D,16D,17D. The molecule has 15 nitrogen and oxygen atoms in total. The van der Waals surface area contributed by atoms with Crippen molar-refractivity contribution < 1.29 is 20.6 Å². The maximum atomic E-state index is 8.78. The van der Waals surface area contributed by atoms with Gasteiger partial charge in [0.1, 0.15) is 0 Å². The Hall–Kier alpha value is -20.5. The van der Waals surface area contributed by atoms with E-state index in [1.54, 1.807) is 0 Å². The van der Waals surface area contributed by atoms with Gasteiger partial charge in [-0.15, -0.1) is 0 Å². The first kappa shape index (κ1) is 72.7. The molecule has 0 saturated carbocycles. The number of hydrogen-bond donors (Lipinski definition) is 0. The van der Waals surface area contributed by atoms with E-state index in [-0.39, 0.29) is 88.3 Å². The van der Waals surface area contributed by atoms with Crippen LogP contribution in [-0.4, -0.2) is 72.3 Å². The van der Waals surface area contributed by atoms with Crippen LogP contribution in [0, 0.1) is 0 Å². The highest BCUT2D eigenvalue weighted by molar-refractivity contribution is 6.23. The SMILES string of the molecule is [2H]c1c([2H])c([2H])c(-c2nc(-c3ccccc3)nc(-n3c4ccccc4c4cc5c(cc43)c3ccccc3n5-c3ccc(-c4ccccc4)cc3)n2)c([2H])c1[2H].[2H]c1c([2H])c([2H])c(-c2nc(-c3ccccc3)nc(-n3c4ccccc4c4cc5c(cc43)c3ccccc3n5-c3cccc(-c4ccccc4)c3)n2)c([2H])c1[2H].[2H]c1c([2H])c([2H])c(-c2nc(-c3ccccc3)nc(-n3c4ccccc4c4cc5c(cc43)c3ccccc3n5-c3ccccc3-c3ccccc3)n2)c([2H])c1[2H]. The topological polar surface area (TPSA) is 146 Å². The molecule has 0 aliphatic heterocycles. The highest BCUT2D eigenvalue weighted by Gasteiger charge is 2.28. The first-order valence-corrected chi connectivity index (χ1v) is 49.2. The molecule has 150 heavy (non-hydrogen) atoms. The third-order valence-electron chi connectivity index (χ3n) is 27.8. The molecular formula is C135H87N15. The zero-order valence-corrected chi connectivity index (χ0v) is 79.8. The Labute approximate surface area is 882 Å². The molecular weight excluding hydrogens is 1830 g/mol. The van der Waals surface area contributed by atoms with Crippen LogP contribution >= 0.6 is 0 Å². The van der Waals surface area contributed by atoms with Gasteiger partial charge in [-0.25, -0.2) is 15.0 Å². The lowest BCUT2D eigenvalue weighted by molar-refractivity contribution is 0.953. The predicted molar refractivity (Wildman–Crippen MR) is 614 cm³/mol.